The smallest absolute Gasteiger partial charge is 0.387 e. The zero-order chi connectivity index (χ0) is 19.8. The minimum absolute atomic E-state index is 0.0211. The molecule has 0 bridgehead atoms. The number of aryl methyl sites for hydroxylation is 2. The zero-order valence-corrected chi connectivity index (χ0v) is 15.8. The second-order valence-corrected chi connectivity index (χ2v) is 7.34. The van der Waals surface area contributed by atoms with Crippen LogP contribution in [-0.4, -0.2) is 26.4 Å². The second kappa shape index (κ2) is 7.33. The number of nitrogens with one attached hydrogen (secondary N) is 1. The van der Waals surface area contributed by atoms with Gasteiger partial charge in [0.05, 0.1) is 11.3 Å². The summed E-state index contributed by atoms with van der Waals surface area (Å²) < 4.78 is 31.9. The highest BCUT2D eigenvalue weighted by Gasteiger charge is 2.25. The minimum Gasteiger partial charge on any atom is -0.434 e. The molecule has 0 spiro atoms. The summed E-state index contributed by atoms with van der Waals surface area (Å²) in [6.07, 6.45) is 5.49. The molecule has 1 N–H and O–H groups in total. The molecule has 4 rings (SSSR count). The maximum absolute atomic E-state index is 12.9. The van der Waals surface area contributed by atoms with Gasteiger partial charge in [-0.05, 0) is 37.5 Å². The summed E-state index contributed by atoms with van der Waals surface area (Å²) >= 11 is 0. The number of hydrogen-bond acceptors (Lipinski definition) is 4. The van der Waals surface area contributed by atoms with E-state index in [1.165, 1.54) is 12.5 Å². The average Bonchev–Trinajstić information content (AvgIpc) is 2.99. The molecule has 0 aliphatic heterocycles. The molecule has 28 heavy (non-hydrogen) atoms. The van der Waals surface area contributed by atoms with Gasteiger partial charge in [-0.25, -0.2) is 9.67 Å². The van der Waals surface area contributed by atoms with Crippen LogP contribution < -0.4 is 10.3 Å². The first kappa shape index (κ1) is 18.6. The monoisotopic (exact) mass is 388 g/mol. The summed E-state index contributed by atoms with van der Waals surface area (Å²) in [5, 5.41) is 5.06. The van der Waals surface area contributed by atoms with Gasteiger partial charge in [0, 0.05) is 13.0 Å². The third-order valence-corrected chi connectivity index (χ3v) is 5.32. The molecule has 0 radical (unpaired) electrons. The number of halogens is 2. The molecule has 0 atom stereocenters. The Balaban J connectivity index is 1.85. The predicted molar refractivity (Wildman–Crippen MR) is 102 cm³/mol. The molecule has 0 unspecified atom stereocenters. The molecule has 8 heteroatoms. The van der Waals surface area contributed by atoms with Gasteiger partial charge in [-0.3, -0.25) is 4.79 Å². The van der Waals surface area contributed by atoms with E-state index in [2.05, 4.69) is 19.8 Å². The van der Waals surface area contributed by atoms with E-state index in [9.17, 15) is 13.6 Å². The topological polar surface area (TPSA) is 72.8 Å². The SMILES string of the molecule is Cc1ccc(-c2nc3c(c(C4CCCCC4)nn3C)c(=O)[nH]2)c(OC(F)F)c1. The molecule has 2 aromatic heterocycles. The third kappa shape index (κ3) is 3.39. The lowest BCUT2D eigenvalue weighted by Gasteiger charge is -2.19. The van der Waals surface area contributed by atoms with Crippen LogP contribution in [-0.2, 0) is 7.05 Å². The first-order valence-electron chi connectivity index (χ1n) is 9.47. The van der Waals surface area contributed by atoms with Gasteiger partial charge >= 0.3 is 6.61 Å². The van der Waals surface area contributed by atoms with Crippen LogP contribution in [0.2, 0.25) is 0 Å². The summed E-state index contributed by atoms with van der Waals surface area (Å²) in [6, 6.07) is 4.88. The van der Waals surface area contributed by atoms with Gasteiger partial charge in [-0.2, -0.15) is 13.9 Å². The molecule has 1 aliphatic carbocycles. The molecule has 0 amide bonds. The standard InChI is InChI=1S/C20H22F2N4O2/c1-11-8-9-13(14(10-11)28-20(21)22)17-23-18-15(19(27)24-17)16(25-26(18)2)12-6-4-3-5-7-12/h8-10,12,20H,3-7H2,1-2H3,(H,23,24,27). The molecule has 0 saturated heterocycles. The summed E-state index contributed by atoms with van der Waals surface area (Å²) in [6.45, 7) is -1.19. The number of ether oxygens (including phenoxy) is 1. The van der Waals surface area contributed by atoms with E-state index in [-0.39, 0.29) is 23.1 Å². The fourth-order valence-electron chi connectivity index (χ4n) is 3.99. The number of alkyl halides is 2. The van der Waals surface area contributed by atoms with Crippen LogP contribution in [0.5, 0.6) is 5.75 Å². The van der Waals surface area contributed by atoms with E-state index in [0.29, 0.717) is 16.6 Å². The summed E-state index contributed by atoms with van der Waals surface area (Å²) in [5.74, 6) is 0.418. The van der Waals surface area contributed by atoms with Gasteiger partial charge in [0.2, 0.25) is 0 Å². The number of benzene rings is 1. The number of fused-ring (bicyclic) bond motifs is 1. The van der Waals surface area contributed by atoms with Gasteiger partial charge < -0.3 is 9.72 Å². The Morgan fingerprint density at radius 1 is 1.25 bits per heavy atom. The summed E-state index contributed by atoms with van der Waals surface area (Å²) in [4.78, 5) is 20.2. The zero-order valence-electron chi connectivity index (χ0n) is 15.8. The lowest BCUT2D eigenvalue weighted by molar-refractivity contribution is -0.0494. The summed E-state index contributed by atoms with van der Waals surface area (Å²) in [5.41, 5.74) is 2.00. The van der Waals surface area contributed by atoms with Crippen LogP contribution >= 0.6 is 0 Å². The van der Waals surface area contributed by atoms with Crippen molar-refractivity contribution in [3.63, 3.8) is 0 Å². The van der Waals surface area contributed by atoms with Crippen molar-refractivity contribution in [2.24, 2.45) is 7.05 Å². The number of aromatic amines is 1. The minimum atomic E-state index is -2.97. The first-order valence-corrected chi connectivity index (χ1v) is 9.47. The largest absolute Gasteiger partial charge is 0.434 e. The molecular weight excluding hydrogens is 366 g/mol. The maximum atomic E-state index is 12.9. The highest BCUT2D eigenvalue weighted by Crippen LogP contribution is 2.35. The Morgan fingerprint density at radius 2 is 2.00 bits per heavy atom. The van der Waals surface area contributed by atoms with Crippen molar-refractivity contribution in [1.29, 1.82) is 0 Å². The average molecular weight is 388 g/mol. The van der Waals surface area contributed by atoms with Crippen LogP contribution in [0.25, 0.3) is 22.4 Å². The van der Waals surface area contributed by atoms with E-state index >= 15 is 0 Å². The van der Waals surface area contributed by atoms with Crippen LogP contribution in [0, 0.1) is 6.92 Å². The Bertz CT molecular complexity index is 1070. The molecule has 3 aromatic rings. The van der Waals surface area contributed by atoms with Crippen molar-refractivity contribution in [2.75, 3.05) is 0 Å². The van der Waals surface area contributed by atoms with Crippen LogP contribution in [0.1, 0.15) is 49.3 Å². The molecular formula is C20H22F2N4O2. The quantitative estimate of drug-likeness (QED) is 0.724. The van der Waals surface area contributed by atoms with E-state index < -0.39 is 6.61 Å². The Kier molecular flexibility index (Phi) is 4.87. The van der Waals surface area contributed by atoms with Crippen molar-refractivity contribution in [2.45, 2.75) is 51.6 Å². The molecule has 6 nitrogen and oxygen atoms in total. The number of hydrogen-bond donors (Lipinski definition) is 1. The van der Waals surface area contributed by atoms with Crippen molar-refractivity contribution in [3.05, 3.63) is 39.8 Å². The Hall–Kier alpha value is -2.77. The molecule has 1 fully saturated rings. The Labute approximate surface area is 160 Å². The van der Waals surface area contributed by atoms with Crippen molar-refractivity contribution in [1.82, 2.24) is 19.7 Å². The second-order valence-electron chi connectivity index (χ2n) is 7.34. The fraction of sp³-hybridized carbons (Fsp3) is 0.450. The van der Waals surface area contributed by atoms with Crippen molar-refractivity contribution >= 4 is 11.0 Å². The van der Waals surface area contributed by atoms with Crippen LogP contribution in [0.3, 0.4) is 0 Å². The molecule has 1 aliphatic rings. The highest BCUT2D eigenvalue weighted by molar-refractivity contribution is 5.80. The van der Waals surface area contributed by atoms with E-state index in [1.54, 1.807) is 30.8 Å². The van der Waals surface area contributed by atoms with Gasteiger partial charge in [-0.15, -0.1) is 0 Å². The lowest BCUT2D eigenvalue weighted by atomic mass is 9.86. The third-order valence-electron chi connectivity index (χ3n) is 5.32. The fourth-order valence-corrected chi connectivity index (χ4v) is 3.99. The maximum Gasteiger partial charge on any atom is 0.387 e. The van der Waals surface area contributed by atoms with E-state index in [0.717, 1.165) is 36.9 Å². The number of nitrogens with zero attached hydrogens (tertiary/aromatic N) is 3. The van der Waals surface area contributed by atoms with Gasteiger partial charge in [-0.1, -0.05) is 25.3 Å². The summed E-state index contributed by atoms with van der Waals surface area (Å²) in [7, 11) is 1.75. The first-order chi connectivity index (χ1) is 13.4. The number of H-pyrrole nitrogens is 1. The number of aromatic nitrogens is 4. The molecule has 148 valence electrons. The van der Waals surface area contributed by atoms with Gasteiger partial charge in [0.1, 0.15) is 17.0 Å². The van der Waals surface area contributed by atoms with Gasteiger partial charge in [0.25, 0.3) is 5.56 Å². The normalized spacial score (nSPS) is 15.5. The predicted octanol–water partition coefficient (Wildman–Crippen LogP) is 4.28. The van der Waals surface area contributed by atoms with Gasteiger partial charge in [0.15, 0.2) is 5.65 Å². The molecule has 1 saturated carbocycles. The molecule has 1 aromatic carbocycles. The van der Waals surface area contributed by atoms with Crippen molar-refractivity contribution < 1.29 is 13.5 Å². The Morgan fingerprint density at radius 3 is 2.71 bits per heavy atom. The van der Waals surface area contributed by atoms with Crippen molar-refractivity contribution in [3.8, 4) is 17.1 Å². The van der Waals surface area contributed by atoms with Crippen LogP contribution in [0.4, 0.5) is 8.78 Å². The lowest BCUT2D eigenvalue weighted by Crippen LogP contribution is -2.13. The molecule has 2 heterocycles. The van der Waals surface area contributed by atoms with Crippen LogP contribution in [0.15, 0.2) is 23.0 Å². The highest BCUT2D eigenvalue weighted by atomic mass is 19.3. The number of rotatable bonds is 4. The van der Waals surface area contributed by atoms with E-state index in [4.69, 9.17) is 0 Å². The van der Waals surface area contributed by atoms with E-state index in [1.807, 2.05) is 0 Å².